The Labute approximate surface area is 260 Å². The molecule has 0 aliphatic carbocycles. The second-order valence-corrected chi connectivity index (χ2v) is 9.57. The predicted molar refractivity (Wildman–Crippen MR) is 175 cm³/mol. The van der Waals surface area contributed by atoms with E-state index in [1.807, 2.05) is 18.2 Å². The van der Waals surface area contributed by atoms with E-state index in [2.05, 4.69) is 0 Å². The van der Waals surface area contributed by atoms with E-state index in [1.165, 1.54) is 0 Å². The third-order valence-electron chi connectivity index (χ3n) is 7.30. The molecule has 1 nitrogen and oxygen atoms in total. The van der Waals surface area contributed by atoms with Gasteiger partial charge in [-0.25, -0.2) is 0 Å². The van der Waals surface area contributed by atoms with Crippen molar-refractivity contribution in [3.05, 3.63) is 145 Å². The molecular weight excluding hydrogens is 496 g/mol. The van der Waals surface area contributed by atoms with E-state index < -0.39 is 119 Å². The zero-order chi connectivity index (χ0) is 41.7. The standard InChI is InChI=1S/C40H24O/c1-2-10-26-21-29(18-17-25(26)9-1)39-31-13-5-7-15-33(31)40(34-16-8-6-14-32(34)39)30-19-20-37-35(23-30)36-22-27-11-3-4-12-28(27)24-38(36)41-37/h1-24H/i3D,4D,5D,6D,7D,8D,11D,12D,13D,14D,15D,16D,19D,20D,22D,23D,24D. The van der Waals surface area contributed by atoms with Gasteiger partial charge in [-0.05, 0) is 95.6 Å². The second-order valence-electron chi connectivity index (χ2n) is 9.57. The summed E-state index contributed by atoms with van der Waals surface area (Å²) in [6, 6.07) is 1.55. The molecular formula is C40H24O. The van der Waals surface area contributed by atoms with Gasteiger partial charge in [-0.1, -0.05) is 115 Å². The van der Waals surface area contributed by atoms with E-state index in [1.54, 1.807) is 24.3 Å². The molecule has 41 heavy (non-hydrogen) atoms. The van der Waals surface area contributed by atoms with Gasteiger partial charge < -0.3 is 4.42 Å². The molecule has 0 N–H and O–H groups in total. The van der Waals surface area contributed by atoms with Crippen molar-refractivity contribution < 1.29 is 27.7 Å². The summed E-state index contributed by atoms with van der Waals surface area (Å²) in [5.74, 6) is 0. The van der Waals surface area contributed by atoms with Crippen molar-refractivity contribution in [3.8, 4) is 22.3 Å². The van der Waals surface area contributed by atoms with Crippen LogP contribution in [0.1, 0.15) is 23.3 Å². The maximum Gasteiger partial charge on any atom is 0.136 e. The van der Waals surface area contributed by atoms with Gasteiger partial charge in [-0.2, -0.15) is 0 Å². The summed E-state index contributed by atoms with van der Waals surface area (Å²) >= 11 is 0. The summed E-state index contributed by atoms with van der Waals surface area (Å²) in [6.07, 6.45) is 0. The molecule has 0 aliphatic heterocycles. The lowest BCUT2D eigenvalue weighted by Gasteiger charge is -2.18. The van der Waals surface area contributed by atoms with Crippen LogP contribution in [0.3, 0.4) is 0 Å². The number of hydrogen-bond donors (Lipinski definition) is 0. The SMILES string of the molecule is [2H]c1c(-c2c3c([2H])c([2H])c([2H])c([2H])c3c(-c3ccc4ccccc4c3)c3c([2H])c([2H])c([2H])c([2H])c23)c([2H])c2c(oc3c([2H])c4c([2H])c([2H])c([2H])c([2H])c4c([2H])c32)c1[2H]. The molecule has 9 aromatic rings. The fourth-order valence-electron chi connectivity index (χ4n) is 5.49. The van der Waals surface area contributed by atoms with E-state index in [0.29, 0.717) is 5.56 Å². The van der Waals surface area contributed by atoms with E-state index in [4.69, 9.17) is 16.8 Å². The molecule has 0 radical (unpaired) electrons. The lowest BCUT2D eigenvalue weighted by atomic mass is 9.85. The van der Waals surface area contributed by atoms with Gasteiger partial charge in [0, 0.05) is 10.8 Å². The van der Waals surface area contributed by atoms with Crippen molar-refractivity contribution in [2.75, 3.05) is 0 Å². The second kappa shape index (κ2) is 8.55. The van der Waals surface area contributed by atoms with Crippen LogP contribution in [0.15, 0.2) is 150 Å². The Morgan fingerprint density at radius 1 is 0.415 bits per heavy atom. The molecule has 0 bridgehead atoms. The highest BCUT2D eigenvalue weighted by atomic mass is 16.3. The Morgan fingerprint density at radius 3 is 1.71 bits per heavy atom. The Morgan fingerprint density at radius 2 is 1.00 bits per heavy atom. The summed E-state index contributed by atoms with van der Waals surface area (Å²) in [4.78, 5) is 0. The van der Waals surface area contributed by atoms with Gasteiger partial charge in [0.1, 0.15) is 11.2 Å². The highest BCUT2D eigenvalue weighted by Crippen LogP contribution is 2.45. The minimum absolute atomic E-state index is 0.0467. The lowest BCUT2D eigenvalue weighted by Crippen LogP contribution is -1.91. The largest absolute Gasteiger partial charge is 0.456 e. The minimum Gasteiger partial charge on any atom is -0.456 e. The van der Waals surface area contributed by atoms with Gasteiger partial charge in [-0.15, -0.1) is 0 Å². The molecule has 9 rings (SSSR count). The number of fused-ring (bicyclic) bond motifs is 7. The molecule has 0 amide bonds. The van der Waals surface area contributed by atoms with Gasteiger partial charge in [0.15, 0.2) is 0 Å². The molecule has 1 heteroatoms. The molecule has 1 heterocycles. The van der Waals surface area contributed by atoms with Crippen LogP contribution < -0.4 is 0 Å². The Bertz CT molecular complexity index is 3340. The van der Waals surface area contributed by atoms with Crippen LogP contribution in [0, 0.1) is 0 Å². The molecule has 0 unspecified atom stereocenters. The van der Waals surface area contributed by atoms with Gasteiger partial charge in [0.05, 0.1) is 23.3 Å². The first kappa shape index (κ1) is 11.6. The summed E-state index contributed by atoms with van der Waals surface area (Å²) in [7, 11) is 0. The van der Waals surface area contributed by atoms with Crippen LogP contribution in [0.4, 0.5) is 0 Å². The van der Waals surface area contributed by atoms with Crippen molar-refractivity contribution in [3.63, 3.8) is 0 Å². The van der Waals surface area contributed by atoms with Gasteiger partial charge in [-0.3, -0.25) is 0 Å². The zero-order valence-corrected chi connectivity index (χ0v) is 20.9. The Hall–Kier alpha value is -5.40. The number of hydrogen-bond acceptors (Lipinski definition) is 1. The quantitative estimate of drug-likeness (QED) is 0.200. The molecule has 0 aliphatic rings. The minimum atomic E-state index is -0.732. The monoisotopic (exact) mass is 537 g/mol. The van der Waals surface area contributed by atoms with E-state index >= 15 is 0 Å². The molecule has 0 fully saturated rings. The summed E-state index contributed by atoms with van der Waals surface area (Å²) < 4.78 is 158. The fourth-order valence-corrected chi connectivity index (χ4v) is 5.49. The highest BCUT2D eigenvalue weighted by Gasteiger charge is 2.18. The van der Waals surface area contributed by atoms with Gasteiger partial charge in [0.2, 0.25) is 0 Å². The average molecular weight is 538 g/mol. The maximum atomic E-state index is 9.72. The van der Waals surface area contributed by atoms with Crippen molar-refractivity contribution >= 4 is 65.0 Å². The summed E-state index contributed by atoms with van der Waals surface area (Å²) in [5, 5.41) is -0.687. The molecule has 0 saturated carbocycles. The normalized spacial score (nSPS) is 17.7. The van der Waals surface area contributed by atoms with Gasteiger partial charge >= 0.3 is 0 Å². The zero-order valence-electron chi connectivity index (χ0n) is 37.9. The van der Waals surface area contributed by atoms with Gasteiger partial charge in [0.25, 0.3) is 0 Å². The number of rotatable bonds is 2. The molecule has 0 atom stereocenters. The lowest BCUT2D eigenvalue weighted by molar-refractivity contribution is 0.669. The molecule has 1 aromatic heterocycles. The maximum absolute atomic E-state index is 9.72. The van der Waals surface area contributed by atoms with E-state index in [9.17, 15) is 11.0 Å². The van der Waals surface area contributed by atoms with Crippen LogP contribution >= 0.6 is 0 Å². The van der Waals surface area contributed by atoms with Crippen molar-refractivity contribution in [1.29, 1.82) is 0 Å². The number of furan rings is 1. The van der Waals surface area contributed by atoms with Crippen molar-refractivity contribution in [1.82, 2.24) is 0 Å². The average Bonchev–Trinajstić information content (AvgIpc) is 3.63. The smallest absolute Gasteiger partial charge is 0.136 e. The molecule has 190 valence electrons. The van der Waals surface area contributed by atoms with Crippen LogP contribution in [0.2, 0.25) is 0 Å². The van der Waals surface area contributed by atoms with Crippen LogP contribution in [0.25, 0.3) is 87.3 Å². The van der Waals surface area contributed by atoms with Crippen LogP contribution in [-0.4, -0.2) is 0 Å². The predicted octanol–water partition coefficient (Wildman–Crippen LogP) is 11.5. The molecule has 0 spiro atoms. The highest BCUT2D eigenvalue weighted by molar-refractivity contribution is 6.22. The van der Waals surface area contributed by atoms with E-state index in [0.717, 1.165) is 10.8 Å². The Balaban J connectivity index is 1.58. The molecule has 8 aromatic carbocycles. The molecule has 0 saturated heterocycles. The third-order valence-corrected chi connectivity index (χ3v) is 7.30. The van der Waals surface area contributed by atoms with Crippen molar-refractivity contribution in [2.45, 2.75) is 0 Å². The van der Waals surface area contributed by atoms with Crippen LogP contribution in [-0.2, 0) is 0 Å². The Kier molecular flexibility index (Phi) is 2.42. The fraction of sp³-hybridized carbons (Fsp3) is 0. The topological polar surface area (TPSA) is 13.1 Å². The first-order valence-electron chi connectivity index (χ1n) is 21.2. The number of benzene rings is 8. The van der Waals surface area contributed by atoms with Crippen LogP contribution in [0.5, 0.6) is 0 Å². The van der Waals surface area contributed by atoms with Crippen molar-refractivity contribution in [2.24, 2.45) is 0 Å². The van der Waals surface area contributed by atoms with E-state index in [-0.39, 0.29) is 54.2 Å². The first-order chi connectivity index (χ1) is 27.4. The summed E-state index contributed by atoms with van der Waals surface area (Å²) in [6.45, 7) is 0. The summed E-state index contributed by atoms with van der Waals surface area (Å²) in [5.41, 5.74) is -1.30. The third kappa shape index (κ3) is 3.36. The first-order valence-corrected chi connectivity index (χ1v) is 12.7.